The van der Waals surface area contributed by atoms with Crippen molar-refractivity contribution in [2.75, 3.05) is 13.1 Å². The van der Waals surface area contributed by atoms with Crippen LogP contribution in [0.25, 0.3) is 0 Å². The van der Waals surface area contributed by atoms with E-state index < -0.39 is 17.2 Å². The number of benzene rings is 1. The molecular weight excluding hydrogens is 288 g/mol. The van der Waals surface area contributed by atoms with E-state index in [2.05, 4.69) is 0 Å². The van der Waals surface area contributed by atoms with Gasteiger partial charge in [0.1, 0.15) is 11.6 Å². The molecule has 1 aliphatic rings. The van der Waals surface area contributed by atoms with E-state index in [1.54, 1.807) is 4.90 Å². The molecule has 0 spiro atoms. The third-order valence-corrected chi connectivity index (χ3v) is 4.59. The number of carbonyl (C=O) groups is 1. The topological polar surface area (TPSA) is 40.5 Å². The summed E-state index contributed by atoms with van der Waals surface area (Å²) >= 11 is 0. The number of rotatable bonds is 4. The number of hydrogen-bond acceptors (Lipinski definition) is 2. The van der Waals surface area contributed by atoms with E-state index in [9.17, 15) is 18.7 Å². The maximum atomic E-state index is 13.9. The van der Waals surface area contributed by atoms with Gasteiger partial charge < -0.3 is 10.0 Å². The molecule has 1 aromatic carbocycles. The molecule has 1 aromatic rings. The Balaban J connectivity index is 2.06. The highest BCUT2D eigenvalue weighted by molar-refractivity contribution is 5.76. The molecular formula is C17H23F2NO2. The van der Waals surface area contributed by atoms with Crippen molar-refractivity contribution in [3.8, 4) is 0 Å². The van der Waals surface area contributed by atoms with Crippen LogP contribution in [0.5, 0.6) is 0 Å². The van der Waals surface area contributed by atoms with Gasteiger partial charge >= 0.3 is 0 Å². The second-order valence-electron chi connectivity index (χ2n) is 6.23. The SMILES string of the molecule is CCC(C)CC(=O)N1CCC(O)(c2c(F)cccc2F)CC1. The van der Waals surface area contributed by atoms with Gasteiger partial charge in [-0.1, -0.05) is 26.3 Å². The number of piperidine rings is 1. The minimum Gasteiger partial charge on any atom is -0.385 e. The predicted molar refractivity (Wildman–Crippen MR) is 80.1 cm³/mol. The van der Waals surface area contributed by atoms with E-state index in [1.165, 1.54) is 6.07 Å². The minimum atomic E-state index is -1.54. The second-order valence-corrected chi connectivity index (χ2v) is 6.23. The minimum absolute atomic E-state index is 0.0467. The number of aliphatic hydroxyl groups is 1. The molecule has 0 aromatic heterocycles. The van der Waals surface area contributed by atoms with Crippen molar-refractivity contribution >= 4 is 5.91 Å². The molecule has 1 heterocycles. The predicted octanol–water partition coefficient (Wildman–Crippen LogP) is 3.21. The van der Waals surface area contributed by atoms with Crippen LogP contribution in [0.4, 0.5) is 8.78 Å². The summed E-state index contributed by atoms with van der Waals surface area (Å²) in [5, 5.41) is 10.6. The molecule has 1 atom stereocenters. The highest BCUT2D eigenvalue weighted by atomic mass is 19.1. The Labute approximate surface area is 129 Å². The molecule has 0 bridgehead atoms. The summed E-state index contributed by atoms with van der Waals surface area (Å²) in [6, 6.07) is 3.58. The monoisotopic (exact) mass is 311 g/mol. The highest BCUT2D eigenvalue weighted by Crippen LogP contribution is 2.36. The van der Waals surface area contributed by atoms with Crippen molar-refractivity contribution in [3.05, 3.63) is 35.4 Å². The largest absolute Gasteiger partial charge is 0.385 e. The van der Waals surface area contributed by atoms with Crippen molar-refractivity contribution in [2.45, 2.75) is 45.1 Å². The standard InChI is InChI=1S/C17H23F2NO2/c1-3-12(2)11-15(21)20-9-7-17(22,8-10-20)16-13(18)5-4-6-14(16)19/h4-6,12,22H,3,7-11H2,1-2H3. The van der Waals surface area contributed by atoms with Crippen LogP contribution < -0.4 is 0 Å². The van der Waals surface area contributed by atoms with Crippen molar-refractivity contribution < 1.29 is 18.7 Å². The van der Waals surface area contributed by atoms with E-state index in [0.29, 0.717) is 25.4 Å². The van der Waals surface area contributed by atoms with Gasteiger partial charge in [-0.15, -0.1) is 0 Å². The maximum absolute atomic E-state index is 13.9. The molecule has 1 aliphatic heterocycles. The number of carbonyl (C=O) groups excluding carboxylic acids is 1. The normalized spacial score (nSPS) is 19.0. The van der Waals surface area contributed by atoms with E-state index >= 15 is 0 Å². The Hall–Kier alpha value is -1.49. The number of amides is 1. The number of nitrogens with zero attached hydrogens (tertiary/aromatic N) is 1. The third kappa shape index (κ3) is 3.46. The summed E-state index contributed by atoms with van der Waals surface area (Å²) in [6.45, 7) is 4.69. The number of likely N-dealkylation sites (tertiary alicyclic amines) is 1. The maximum Gasteiger partial charge on any atom is 0.222 e. The van der Waals surface area contributed by atoms with Crippen LogP contribution in [-0.2, 0) is 10.4 Å². The molecule has 5 heteroatoms. The Morgan fingerprint density at radius 3 is 2.36 bits per heavy atom. The molecule has 122 valence electrons. The van der Waals surface area contributed by atoms with Gasteiger partial charge in [0, 0.05) is 19.5 Å². The summed E-state index contributed by atoms with van der Waals surface area (Å²) in [4.78, 5) is 13.8. The molecule has 1 fully saturated rings. The fourth-order valence-corrected chi connectivity index (χ4v) is 2.89. The summed E-state index contributed by atoms with van der Waals surface area (Å²) in [5.74, 6) is -1.11. The zero-order chi connectivity index (χ0) is 16.3. The molecule has 0 radical (unpaired) electrons. The lowest BCUT2D eigenvalue weighted by atomic mass is 9.83. The first kappa shape index (κ1) is 16.9. The van der Waals surface area contributed by atoms with Crippen LogP contribution in [-0.4, -0.2) is 29.0 Å². The Morgan fingerprint density at radius 1 is 1.32 bits per heavy atom. The van der Waals surface area contributed by atoms with Crippen molar-refractivity contribution in [2.24, 2.45) is 5.92 Å². The molecule has 1 N–H and O–H groups in total. The zero-order valence-corrected chi connectivity index (χ0v) is 13.1. The quantitative estimate of drug-likeness (QED) is 0.927. The van der Waals surface area contributed by atoms with E-state index in [0.717, 1.165) is 18.6 Å². The summed E-state index contributed by atoms with van der Waals surface area (Å²) in [5.41, 5.74) is -1.81. The van der Waals surface area contributed by atoms with Gasteiger partial charge in [-0.05, 0) is 30.9 Å². The number of halogens is 2. The van der Waals surface area contributed by atoms with Crippen LogP contribution in [0.2, 0.25) is 0 Å². The second kappa shape index (κ2) is 6.73. The Morgan fingerprint density at radius 2 is 1.86 bits per heavy atom. The van der Waals surface area contributed by atoms with E-state index in [1.807, 2.05) is 13.8 Å². The van der Waals surface area contributed by atoms with Gasteiger partial charge in [-0.3, -0.25) is 4.79 Å². The van der Waals surface area contributed by atoms with E-state index in [4.69, 9.17) is 0 Å². The van der Waals surface area contributed by atoms with Gasteiger partial charge in [0.25, 0.3) is 0 Å². The first-order chi connectivity index (χ1) is 10.4. The highest BCUT2D eigenvalue weighted by Gasteiger charge is 2.39. The fraction of sp³-hybridized carbons (Fsp3) is 0.588. The van der Waals surface area contributed by atoms with Crippen molar-refractivity contribution in [3.63, 3.8) is 0 Å². The van der Waals surface area contributed by atoms with Crippen LogP contribution in [0.3, 0.4) is 0 Å². The summed E-state index contributed by atoms with van der Waals surface area (Å²) in [7, 11) is 0. The molecule has 1 amide bonds. The zero-order valence-electron chi connectivity index (χ0n) is 13.1. The molecule has 1 saturated heterocycles. The van der Waals surface area contributed by atoms with Crippen LogP contribution >= 0.6 is 0 Å². The van der Waals surface area contributed by atoms with Gasteiger partial charge in [-0.25, -0.2) is 8.78 Å². The lowest BCUT2D eigenvalue weighted by molar-refractivity contribution is -0.136. The molecule has 2 rings (SSSR count). The van der Waals surface area contributed by atoms with Gasteiger partial charge in [0.15, 0.2) is 0 Å². The fourth-order valence-electron chi connectivity index (χ4n) is 2.89. The molecule has 0 aliphatic carbocycles. The van der Waals surface area contributed by atoms with Gasteiger partial charge in [0.2, 0.25) is 5.91 Å². The van der Waals surface area contributed by atoms with Gasteiger partial charge in [-0.2, -0.15) is 0 Å². The summed E-state index contributed by atoms with van der Waals surface area (Å²) in [6.07, 6.45) is 1.71. The van der Waals surface area contributed by atoms with Crippen LogP contribution in [0.15, 0.2) is 18.2 Å². The Bertz CT molecular complexity index is 519. The Kier molecular flexibility index (Phi) is 5.16. The van der Waals surface area contributed by atoms with Crippen LogP contribution in [0, 0.1) is 17.6 Å². The molecule has 22 heavy (non-hydrogen) atoms. The third-order valence-electron chi connectivity index (χ3n) is 4.59. The van der Waals surface area contributed by atoms with Crippen molar-refractivity contribution in [1.29, 1.82) is 0 Å². The summed E-state index contributed by atoms with van der Waals surface area (Å²) < 4.78 is 27.7. The first-order valence-corrected chi connectivity index (χ1v) is 7.82. The molecule has 0 saturated carbocycles. The lowest BCUT2D eigenvalue weighted by Gasteiger charge is -2.39. The smallest absolute Gasteiger partial charge is 0.222 e. The first-order valence-electron chi connectivity index (χ1n) is 7.82. The van der Waals surface area contributed by atoms with Crippen LogP contribution in [0.1, 0.15) is 45.1 Å². The number of hydrogen-bond donors (Lipinski definition) is 1. The van der Waals surface area contributed by atoms with Gasteiger partial charge in [0.05, 0.1) is 11.2 Å². The molecule has 3 nitrogen and oxygen atoms in total. The van der Waals surface area contributed by atoms with Crippen molar-refractivity contribution in [1.82, 2.24) is 4.90 Å². The lowest BCUT2D eigenvalue weighted by Crippen LogP contribution is -2.46. The average molecular weight is 311 g/mol. The molecule has 1 unspecified atom stereocenters. The average Bonchev–Trinajstić information content (AvgIpc) is 2.47. The van der Waals surface area contributed by atoms with E-state index in [-0.39, 0.29) is 24.3 Å².